The molecule has 1 atom stereocenters. The number of hydrogen-bond donors (Lipinski definition) is 1. The minimum Gasteiger partial charge on any atom is -0.508 e. The Morgan fingerprint density at radius 1 is 0.784 bits per heavy atom. The Bertz CT molecular complexity index is 2210. The summed E-state index contributed by atoms with van der Waals surface area (Å²) in [4.78, 5) is 35.6. The second-order valence-electron chi connectivity index (χ2n) is 13.1. The van der Waals surface area contributed by atoms with Crippen LogP contribution in [0.2, 0.25) is 5.02 Å². The number of phenols is 1. The summed E-state index contributed by atoms with van der Waals surface area (Å²) in [5, 5.41) is 11.2. The van der Waals surface area contributed by atoms with E-state index in [2.05, 4.69) is 23.1 Å². The van der Waals surface area contributed by atoms with Crippen LogP contribution in [0, 0.1) is 0 Å². The Morgan fingerprint density at radius 3 is 2.25 bits per heavy atom. The van der Waals surface area contributed by atoms with E-state index in [1.54, 1.807) is 47.4 Å². The SMILES string of the molecule is O=C(c1cn(-c2cc(Cl)ccc2C(=O)N2Cc3ccccc3C[C@H]2CN2CCOCC2)c2ccccc12)N(c1ccccc1)c1ccc(O)cc1. The highest BCUT2D eigenvalue weighted by Gasteiger charge is 2.34. The zero-order valence-electron chi connectivity index (χ0n) is 28.0. The molecule has 0 aliphatic carbocycles. The molecule has 2 amide bonds. The molecule has 8 nitrogen and oxygen atoms in total. The predicted octanol–water partition coefficient (Wildman–Crippen LogP) is 7.87. The molecule has 3 heterocycles. The number of aromatic nitrogens is 1. The van der Waals surface area contributed by atoms with E-state index in [9.17, 15) is 14.7 Å². The number of ether oxygens (including phenoxy) is 1. The van der Waals surface area contributed by atoms with Gasteiger partial charge in [0.25, 0.3) is 11.8 Å². The van der Waals surface area contributed by atoms with E-state index < -0.39 is 0 Å². The third-order valence-electron chi connectivity index (χ3n) is 9.91. The van der Waals surface area contributed by atoms with Crippen LogP contribution in [0.15, 0.2) is 128 Å². The van der Waals surface area contributed by atoms with Crippen molar-refractivity contribution in [2.75, 3.05) is 37.7 Å². The zero-order valence-corrected chi connectivity index (χ0v) is 28.7. The van der Waals surface area contributed by atoms with Crippen molar-refractivity contribution in [1.82, 2.24) is 14.4 Å². The molecule has 0 saturated carbocycles. The molecule has 256 valence electrons. The van der Waals surface area contributed by atoms with Gasteiger partial charge in [0.1, 0.15) is 5.75 Å². The highest BCUT2D eigenvalue weighted by atomic mass is 35.5. The number of halogens is 1. The largest absolute Gasteiger partial charge is 0.508 e. The molecule has 51 heavy (non-hydrogen) atoms. The molecule has 0 bridgehead atoms. The summed E-state index contributed by atoms with van der Waals surface area (Å²) in [6.45, 7) is 4.31. The minimum absolute atomic E-state index is 0.0303. The smallest absolute Gasteiger partial charge is 0.265 e. The predicted molar refractivity (Wildman–Crippen MR) is 200 cm³/mol. The molecular weight excluding hydrogens is 660 g/mol. The Hall–Kier alpha value is -5.41. The standard InChI is InChI=1S/C42H37ClN4O4/c43-31-14-19-37(41(49)45-26-30-9-5-4-8-29(30)24-34(45)27-44-20-22-51-23-21-44)40(25-31)46-28-38(36-12-6-7-13-39(36)46)42(50)47(32-10-2-1-3-11-32)33-15-17-35(48)18-16-33/h1-19,25,28,34,48H,20-24,26-27H2/t34-/m0/s1. The quantitative estimate of drug-likeness (QED) is 0.184. The van der Waals surface area contributed by atoms with Crippen LogP contribution in [0.4, 0.5) is 11.4 Å². The van der Waals surface area contributed by atoms with Gasteiger partial charge in [-0.15, -0.1) is 0 Å². The molecule has 0 spiro atoms. The first kappa shape index (κ1) is 32.8. The number of anilines is 2. The topological polar surface area (TPSA) is 78.2 Å². The third-order valence-corrected chi connectivity index (χ3v) is 10.1. The van der Waals surface area contributed by atoms with Gasteiger partial charge in [-0.2, -0.15) is 0 Å². The number of carbonyl (C=O) groups excluding carboxylic acids is 2. The first-order valence-corrected chi connectivity index (χ1v) is 17.6. The average Bonchev–Trinajstić information content (AvgIpc) is 3.56. The number of rotatable bonds is 7. The molecule has 1 N–H and O–H groups in total. The second kappa shape index (κ2) is 14.1. The fraction of sp³-hybridized carbons (Fsp3) is 0.190. The molecule has 8 rings (SSSR count). The van der Waals surface area contributed by atoms with Gasteiger partial charge in [-0.05, 0) is 78.2 Å². The summed E-state index contributed by atoms with van der Waals surface area (Å²) in [7, 11) is 0. The number of nitrogens with zero attached hydrogens (tertiary/aromatic N) is 4. The molecular formula is C42H37ClN4O4. The number of morpholine rings is 1. The van der Waals surface area contributed by atoms with Crippen molar-refractivity contribution in [3.63, 3.8) is 0 Å². The average molecular weight is 697 g/mol. The van der Waals surface area contributed by atoms with Crippen molar-refractivity contribution in [3.8, 4) is 11.4 Å². The van der Waals surface area contributed by atoms with Gasteiger partial charge in [0.2, 0.25) is 0 Å². The van der Waals surface area contributed by atoms with Gasteiger partial charge >= 0.3 is 0 Å². The van der Waals surface area contributed by atoms with Gasteiger partial charge in [-0.1, -0.05) is 72.3 Å². The molecule has 9 heteroatoms. The summed E-state index contributed by atoms with van der Waals surface area (Å²) >= 11 is 6.67. The summed E-state index contributed by atoms with van der Waals surface area (Å²) in [5.41, 5.74) is 6.03. The van der Waals surface area contributed by atoms with E-state index >= 15 is 0 Å². The van der Waals surface area contributed by atoms with Crippen molar-refractivity contribution >= 4 is 45.7 Å². The molecule has 1 aromatic heterocycles. The summed E-state index contributed by atoms with van der Waals surface area (Å²) < 4.78 is 7.53. The zero-order chi connectivity index (χ0) is 34.9. The maximum Gasteiger partial charge on any atom is 0.265 e. The van der Waals surface area contributed by atoms with E-state index in [4.69, 9.17) is 16.3 Å². The molecule has 1 fully saturated rings. The van der Waals surface area contributed by atoms with Crippen LogP contribution in [0.5, 0.6) is 5.75 Å². The number of fused-ring (bicyclic) bond motifs is 2. The van der Waals surface area contributed by atoms with E-state index in [0.29, 0.717) is 53.0 Å². The first-order chi connectivity index (χ1) is 24.9. The number of benzene rings is 5. The number of hydrogen-bond acceptors (Lipinski definition) is 5. The minimum atomic E-state index is -0.255. The molecule has 5 aromatic carbocycles. The second-order valence-corrected chi connectivity index (χ2v) is 13.5. The third kappa shape index (κ3) is 6.50. The maximum atomic E-state index is 14.9. The van der Waals surface area contributed by atoms with Gasteiger partial charge < -0.3 is 19.3 Å². The lowest BCUT2D eigenvalue weighted by Gasteiger charge is -2.40. The molecule has 0 unspecified atom stereocenters. The molecule has 6 aromatic rings. The molecule has 0 radical (unpaired) electrons. The number of phenolic OH excluding ortho intramolecular Hbond substituents is 1. The van der Waals surface area contributed by atoms with Gasteiger partial charge in [0.15, 0.2) is 0 Å². The highest BCUT2D eigenvalue weighted by molar-refractivity contribution is 6.31. The van der Waals surface area contributed by atoms with E-state index in [1.165, 1.54) is 5.56 Å². The lowest BCUT2D eigenvalue weighted by atomic mass is 9.92. The maximum absolute atomic E-state index is 14.9. The van der Waals surface area contributed by atoms with Crippen molar-refractivity contribution in [3.05, 3.63) is 155 Å². The van der Waals surface area contributed by atoms with Crippen LogP contribution in [0.1, 0.15) is 31.8 Å². The van der Waals surface area contributed by atoms with Gasteiger partial charge in [0, 0.05) is 60.2 Å². The van der Waals surface area contributed by atoms with Crippen LogP contribution >= 0.6 is 11.6 Å². The normalized spacial score (nSPS) is 16.2. The van der Waals surface area contributed by atoms with Crippen LogP contribution in [0.25, 0.3) is 16.6 Å². The number of carbonyl (C=O) groups is 2. The number of para-hydroxylation sites is 2. The van der Waals surface area contributed by atoms with Crippen molar-refractivity contribution in [2.24, 2.45) is 0 Å². The molecule has 2 aliphatic heterocycles. The van der Waals surface area contributed by atoms with Crippen molar-refractivity contribution in [2.45, 2.75) is 19.0 Å². The van der Waals surface area contributed by atoms with Gasteiger partial charge in [-0.25, -0.2) is 0 Å². The van der Waals surface area contributed by atoms with Crippen molar-refractivity contribution < 1.29 is 19.4 Å². The highest BCUT2D eigenvalue weighted by Crippen LogP contribution is 2.35. The van der Waals surface area contributed by atoms with Gasteiger partial charge in [0.05, 0.1) is 35.5 Å². The first-order valence-electron chi connectivity index (χ1n) is 17.2. The van der Waals surface area contributed by atoms with Crippen molar-refractivity contribution in [1.29, 1.82) is 0 Å². The van der Waals surface area contributed by atoms with Crippen LogP contribution < -0.4 is 4.90 Å². The number of amides is 2. The Labute approximate surface area is 301 Å². The van der Waals surface area contributed by atoms with Crippen LogP contribution in [-0.4, -0.2) is 70.2 Å². The Balaban J connectivity index is 1.22. The van der Waals surface area contributed by atoms with Crippen LogP contribution in [-0.2, 0) is 17.7 Å². The fourth-order valence-electron chi connectivity index (χ4n) is 7.34. The molecule has 2 aliphatic rings. The van der Waals surface area contributed by atoms with Crippen LogP contribution in [0.3, 0.4) is 0 Å². The summed E-state index contributed by atoms with van der Waals surface area (Å²) in [6.07, 6.45) is 2.57. The summed E-state index contributed by atoms with van der Waals surface area (Å²) in [6, 6.07) is 37.4. The van der Waals surface area contributed by atoms with E-state index in [-0.39, 0.29) is 23.6 Å². The lowest BCUT2D eigenvalue weighted by Crippen LogP contribution is -2.52. The van der Waals surface area contributed by atoms with E-state index in [1.807, 2.05) is 76.3 Å². The number of aromatic hydroxyl groups is 1. The van der Waals surface area contributed by atoms with Gasteiger partial charge in [-0.3, -0.25) is 19.4 Å². The monoisotopic (exact) mass is 696 g/mol. The Morgan fingerprint density at radius 2 is 1.47 bits per heavy atom. The fourth-order valence-corrected chi connectivity index (χ4v) is 7.51. The Kier molecular flexibility index (Phi) is 9.04. The summed E-state index contributed by atoms with van der Waals surface area (Å²) in [5.74, 6) is -0.233. The lowest BCUT2D eigenvalue weighted by molar-refractivity contribution is 0.0193. The molecule has 1 saturated heterocycles. The van der Waals surface area contributed by atoms with E-state index in [0.717, 1.165) is 42.5 Å².